The van der Waals surface area contributed by atoms with Gasteiger partial charge in [-0.15, -0.1) is 0 Å². The third-order valence-corrected chi connectivity index (χ3v) is 6.99. The molecule has 0 radical (unpaired) electrons. The monoisotopic (exact) mass is 527 g/mol. The summed E-state index contributed by atoms with van der Waals surface area (Å²) < 4.78 is 26.5. The zero-order valence-corrected chi connectivity index (χ0v) is 22.3. The van der Waals surface area contributed by atoms with Gasteiger partial charge in [-0.1, -0.05) is 54.4 Å². The number of sulfonamides is 1. The SMILES string of the molecule is CCc1ccccc1N(CC(=O)N(Cc1ccc(Cl)cc1Cl)C(C)C(=O)NC(C)C)S(C)(=O)=O. The van der Waals surface area contributed by atoms with Gasteiger partial charge in [-0.3, -0.25) is 13.9 Å². The van der Waals surface area contributed by atoms with Crippen molar-refractivity contribution in [1.82, 2.24) is 10.2 Å². The summed E-state index contributed by atoms with van der Waals surface area (Å²) in [5.41, 5.74) is 1.81. The number of rotatable bonds is 10. The molecule has 2 aromatic carbocycles. The number of carbonyl (C=O) groups is 2. The average Bonchev–Trinajstić information content (AvgIpc) is 2.75. The summed E-state index contributed by atoms with van der Waals surface area (Å²) in [7, 11) is -3.79. The summed E-state index contributed by atoms with van der Waals surface area (Å²) in [5.74, 6) is -0.887. The summed E-state index contributed by atoms with van der Waals surface area (Å²) in [6.07, 6.45) is 1.65. The molecule has 7 nitrogen and oxygen atoms in total. The average molecular weight is 529 g/mol. The minimum atomic E-state index is -3.79. The highest BCUT2D eigenvalue weighted by Gasteiger charge is 2.31. The van der Waals surface area contributed by atoms with Crippen molar-refractivity contribution in [3.05, 3.63) is 63.6 Å². The standard InChI is InChI=1S/C24H31Cl2N3O4S/c1-6-18-9-7-8-10-22(18)29(34(5,32)33)15-23(30)28(17(4)24(31)27-16(2)3)14-19-11-12-20(25)13-21(19)26/h7-13,16-17H,6,14-15H2,1-5H3,(H,27,31). The summed E-state index contributed by atoms with van der Waals surface area (Å²) in [5, 5.41) is 3.59. The molecule has 1 unspecified atom stereocenters. The van der Waals surface area contributed by atoms with E-state index in [9.17, 15) is 18.0 Å². The number of hydrogen-bond donors (Lipinski definition) is 1. The second-order valence-corrected chi connectivity index (χ2v) is 11.1. The van der Waals surface area contributed by atoms with Crippen LogP contribution in [0.15, 0.2) is 42.5 Å². The molecule has 0 saturated heterocycles. The van der Waals surface area contributed by atoms with E-state index in [1.807, 2.05) is 32.9 Å². The van der Waals surface area contributed by atoms with E-state index in [-0.39, 0.29) is 18.5 Å². The molecule has 1 atom stereocenters. The van der Waals surface area contributed by atoms with Gasteiger partial charge >= 0.3 is 0 Å². The lowest BCUT2D eigenvalue weighted by molar-refractivity contribution is -0.139. The quantitative estimate of drug-likeness (QED) is 0.499. The first-order chi connectivity index (χ1) is 15.8. The van der Waals surface area contributed by atoms with E-state index in [1.54, 1.807) is 37.3 Å². The van der Waals surface area contributed by atoms with Gasteiger partial charge in [0.2, 0.25) is 21.8 Å². The molecule has 1 N–H and O–H groups in total. The number of halogens is 2. The van der Waals surface area contributed by atoms with Gasteiger partial charge in [0.05, 0.1) is 11.9 Å². The van der Waals surface area contributed by atoms with Crippen LogP contribution in [0, 0.1) is 0 Å². The first-order valence-corrected chi connectivity index (χ1v) is 13.5. The maximum Gasteiger partial charge on any atom is 0.244 e. The van der Waals surface area contributed by atoms with Gasteiger partial charge in [-0.05, 0) is 56.5 Å². The third-order valence-electron chi connectivity index (χ3n) is 5.27. The number of hydrogen-bond acceptors (Lipinski definition) is 4. The fourth-order valence-electron chi connectivity index (χ4n) is 3.47. The van der Waals surface area contributed by atoms with Crippen LogP contribution in [-0.2, 0) is 32.6 Å². The third kappa shape index (κ3) is 7.35. The highest BCUT2D eigenvalue weighted by Crippen LogP contribution is 2.26. The van der Waals surface area contributed by atoms with Crippen LogP contribution in [-0.4, -0.2) is 50.0 Å². The van der Waals surface area contributed by atoms with Gasteiger partial charge in [0.15, 0.2) is 0 Å². The van der Waals surface area contributed by atoms with Crippen LogP contribution in [0.1, 0.15) is 38.8 Å². The van der Waals surface area contributed by atoms with Gasteiger partial charge in [0.25, 0.3) is 0 Å². The zero-order chi connectivity index (χ0) is 25.6. The molecule has 0 spiro atoms. The lowest BCUT2D eigenvalue weighted by Gasteiger charge is -2.32. The van der Waals surface area contributed by atoms with Crippen molar-refractivity contribution in [3.8, 4) is 0 Å². The van der Waals surface area contributed by atoms with E-state index in [1.165, 1.54) is 4.90 Å². The summed E-state index contributed by atoms with van der Waals surface area (Å²) in [6.45, 7) is 6.70. The van der Waals surface area contributed by atoms with E-state index in [2.05, 4.69) is 5.32 Å². The number of aryl methyl sites for hydroxylation is 1. The number of carbonyl (C=O) groups excluding carboxylic acids is 2. The van der Waals surface area contributed by atoms with Gasteiger partial charge < -0.3 is 10.2 Å². The highest BCUT2D eigenvalue weighted by molar-refractivity contribution is 7.92. The van der Waals surface area contributed by atoms with Crippen molar-refractivity contribution in [2.75, 3.05) is 17.1 Å². The van der Waals surface area contributed by atoms with E-state index in [0.717, 1.165) is 16.1 Å². The number of para-hydroxylation sites is 1. The van der Waals surface area contributed by atoms with Crippen LogP contribution < -0.4 is 9.62 Å². The number of nitrogens with one attached hydrogen (secondary N) is 1. The fraction of sp³-hybridized carbons (Fsp3) is 0.417. The Morgan fingerprint density at radius 3 is 2.24 bits per heavy atom. The van der Waals surface area contributed by atoms with Crippen molar-refractivity contribution in [2.24, 2.45) is 0 Å². The molecule has 2 aromatic rings. The summed E-state index contributed by atoms with van der Waals surface area (Å²) in [4.78, 5) is 27.7. The van der Waals surface area contributed by atoms with Gasteiger partial charge in [0, 0.05) is 22.6 Å². The highest BCUT2D eigenvalue weighted by atomic mass is 35.5. The molecule has 0 aliphatic rings. The molecule has 34 heavy (non-hydrogen) atoms. The van der Waals surface area contributed by atoms with Crippen LogP contribution in [0.4, 0.5) is 5.69 Å². The molecule has 10 heteroatoms. The Morgan fingerprint density at radius 1 is 1.03 bits per heavy atom. The van der Waals surface area contributed by atoms with E-state index in [4.69, 9.17) is 23.2 Å². The van der Waals surface area contributed by atoms with Crippen molar-refractivity contribution < 1.29 is 18.0 Å². The van der Waals surface area contributed by atoms with Gasteiger partial charge in [-0.2, -0.15) is 0 Å². The molecule has 0 saturated carbocycles. The Bertz CT molecular complexity index is 1140. The smallest absolute Gasteiger partial charge is 0.244 e. The second-order valence-electron chi connectivity index (χ2n) is 8.35. The largest absolute Gasteiger partial charge is 0.352 e. The van der Waals surface area contributed by atoms with Crippen LogP contribution in [0.2, 0.25) is 10.0 Å². The van der Waals surface area contributed by atoms with Crippen molar-refractivity contribution in [2.45, 2.75) is 52.7 Å². The topological polar surface area (TPSA) is 86.8 Å². The van der Waals surface area contributed by atoms with E-state index >= 15 is 0 Å². The Kier molecular flexibility index (Phi) is 9.79. The van der Waals surface area contributed by atoms with Crippen molar-refractivity contribution in [1.29, 1.82) is 0 Å². The molecular formula is C24H31Cl2N3O4S. The maximum atomic E-state index is 13.6. The molecule has 0 heterocycles. The maximum absolute atomic E-state index is 13.6. The lowest BCUT2D eigenvalue weighted by atomic mass is 10.1. The van der Waals surface area contributed by atoms with E-state index < -0.39 is 28.5 Å². The minimum absolute atomic E-state index is 0.00848. The molecule has 0 aromatic heterocycles. The molecule has 2 rings (SSSR count). The number of amides is 2. The van der Waals surface area contributed by atoms with Gasteiger partial charge in [0.1, 0.15) is 12.6 Å². The first-order valence-electron chi connectivity index (χ1n) is 10.9. The number of benzene rings is 2. The predicted octanol–water partition coefficient (Wildman–Crippen LogP) is 4.26. The van der Waals surface area contributed by atoms with Crippen LogP contribution in [0.5, 0.6) is 0 Å². The Morgan fingerprint density at radius 2 is 1.68 bits per heavy atom. The first kappa shape index (κ1) is 28.0. The molecule has 0 fully saturated rings. The van der Waals surface area contributed by atoms with Crippen LogP contribution in [0.3, 0.4) is 0 Å². The predicted molar refractivity (Wildman–Crippen MR) is 138 cm³/mol. The molecule has 2 amide bonds. The van der Waals surface area contributed by atoms with Crippen molar-refractivity contribution >= 4 is 50.7 Å². The molecule has 0 aliphatic heterocycles. The number of nitrogens with zero attached hydrogens (tertiary/aromatic N) is 2. The lowest BCUT2D eigenvalue weighted by Crippen LogP contribution is -2.52. The molecule has 186 valence electrons. The van der Waals surface area contributed by atoms with Crippen LogP contribution >= 0.6 is 23.2 Å². The zero-order valence-electron chi connectivity index (χ0n) is 20.0. The van der Waals surface area contributed by atoms with Crippen molar-refractivity contribution in [3.63, 3.8) is 0 Å². The molecule has 0 bridgehead atoms. The minimum Gasteiger partial charge on any atom is -0.352 e. The van der Waals surface area contributed by atoms with E-state index in [0.29, 0.717) is 27.7 Å². The molecular weight excluding hydrogens is 497 g/mol. The normalized spacial score (nSPS) is 12.4. The fourth-order valence-corrected chi connectivity index (χ4v) is 4.82. The van der Waals surface area contributed by atoms with Crippen LogP contribution in [0.25, 0.3) is 0 Å². The second kappa shape index (κ2) is 11.9. The summed E-state index contributed by atoms with van der Waals surface area (Å²) >= 11 is 12.3. The number of anilines is 1. The molecule has 0 aliphatic carbocycles. The Hall–Kier alpha value is -2.29. The Labute approximate surface area is 212 Å². The Balaban J connectivity index is 2.46. The van der Waals surface area contributed by atoms with Gasteiger partial charge in [-0.25, -0.2) is 8.42 Å². The summed E-state index contributed by atoms with van der Waals surface area (Å²) in [6, 6.07) is 10.9.